The molecule has 0 fully saturated rings. The molecule has 1 N–H and O–H groups in total. The van der Waals surface area contributed by atoms with Gasteiger partial charge in [0, 0.05) is 9.82 Å². The van der Waals surface area contributed by atoms with Crippen LogP contribution in [0.1, 0.15) is 0 Å². The quantitative estimate of drug-likeness (QED) is 0.560. The van der Waals surface area contributed by atoms with Crippen LogP contribution in [-0.2, 0) is 4.79 Å². The number of rotatable bonds is 1. The van der Waals surface area contributed by atoms with Crippen molar-refractivity contribution in [2.24, 2.45) is 0 Å². The van der Waals surface area contributed by atoms with E-state index < -0.39 is 16.2 Å². The van der Waals surface area contributed by atoms with Gasteiger partial charge in [-0.05, 0) is 23.9 Å². The molecule has 1 aromatic carbocycles. The second kappa shape index (κ2) is 3.30. The molecule has 1 amide bonds. The molecule has 1 aliphatic rings. The minimum absolute atomic E-state index is 0.571. The van der Waals surface area contributed by atoms with E-state index in [1.165, 1.54) is 0 Å². The Morgan fingerprint density at radius 3 is 2.86 bits per heavy atom. The van der Waals surface area contributed by atoms with Gasteiger partial charge in [-0.3, -0.25) is 14.9 Å². The molecule has 1 unspecified atom stereocenters. The molecular formula is C8H6N2O3S. The second-order valence-electron chi connectivity index (χ2n) is 2.74. The molecule has 0 saturated heterocycles. The van der Waals surface area contributed by atoms with Crippen LogP contribution in [0.2, 0.25) is 0 Å². The molecule has 72 valence electrons. The fourth-order valence-corrected chi connectivity index (χ4v) is 2.08. The number of hydrogen-bond acceptors (Lipinski definition) is 4. The Morgan fingerprint density at radius 2 is 2.14 bits per heavy atom. The largest absolute Gasteiger partial charge is 0.339 e. The number of nitro groups is 1. The van der Waals surface area contributed by atoms with E-state index in [1.807, 2.05) is 0 Å². The molecule has 1 heterocycles. The highest BCUT2D eigenvalue weighted by atomic mass is 32.2. The van der Waals surface area contributed by atoms with E-state index in [-0.39, 0.29) is 0 Å². The number of carbonyl (C=O) groups is 1. The maximum Gasteiger partial charge on any atom is 0.339 e. The molecule has 0 spiro atoms. The maximum atomic E-state index is 11.2. The smallest absolute Gasteiger partial charge is 0.318 e. The predicted molar refractivity (Wildman–Crippen MR) is 51.7 cm³/mol. The Bertz CT molecular complexity index is 407. The van der Waals surface area contributed by atoms with Crippen molar-refractivity contribution >= 4 is 23.4 Å². The van der Waals surface area contributed by atoms with Gasteiger partial charge in [0.1, 0.15) is 0 Å². The van der Waals surface area contributed by atoms with Gasteiger partial charge in [0.05, 0.1) is 5.69 Å². The van der Waals surface area contributed by atoms with Crippen LogP contribution in [0.25, 0.3) is 0 Å². The maximum absolute atomic E-state index is 11.2. The van der Waals surface area contributed by atoms with Gasteiger partial charge >= 0.3 is 11.3 Å². The first kappa shape index (κ1) is 9.01. The lowest BCUT2D eigenvalue weighted by Crippen LogP contribution is -2.34. The Morgan fingerprint density at radius 1 is 1.43 bits per heavy atom. The van der Waals surface area contributed by atoms with Gasteiger partial charge in [0.2, 0.25) is 0 Å². The minimum atomic E-state index is -1.23. The summed E-state index contributed by atoms with van der Waals surface area (Å²) in [5.41, 5.74) is 0.639. The Balaban J connectivity index is 2.36. The van der Waals surface area contributed by atoms with Crippen molar-refractivity contribution in [3.05, 3.63) is 34.4 Å². The third-order valence-electron chi connectivity index (χ3n) is 1.80. The van der Waals surface area contributed by atoms with Crippen molar-refractivity contribution in [1.82, 2.24) is 0 Å². The van der Waals surface area contributed by atoms with Crippen LogP contribution in [0.5, 0.6) is 0 Å². The number of fused-ring (bicyclic) bond motifs is 1. The van der Waals surface area contributed by atoms with E-state index in [0.29, 0.717) is 5.69 Å². The van der Waals surface area contributed by atoms with Crippen LogP contribution in [-0.4, -0.2) is 16.2 Å². The second-order valence-corrected chi connectivity index (χ2v) is 3.86. The number of thioether (sulfide) groups is 1. The molecule has 0 bridgehead atoms. The van der Waals surface area contributed by atoms with Crippen LogP contribution < -0.4 is 5.32 Å². The van der Waals surface area contributed by atoms with E-state index in [1.54, 1.807) is 24.3 Å². The summed E-state index contributed by atoms with van der Waals surface area (Å²) in [7, 11) is 0. The number of para-hydroxylation sites is 1. The van der Waals surface area contributed by atoms with Crippen molar-refractivity contribution in [2.45, 2.75) is 10.3 Å². The first-order valence-electron chi connectivity index (χ1n) is 3.88. The van der Waals surface area contributed by atoms with Crippen LogP contribution in [0, 0.1) is 10.1 Å². The molecule has 1 aliphatic heterocycles. The monoisotopic (exact) mass is 210 g/mol. The summed E-state index contributed by atoms with van der Waals surface area (Å²) >= 11 is 0.962. The van der Waals surface area contributed by atoms with Crippen molar-refractivity contribution in [1.29, 1.82) is 0 Å². The lowest BCUT2D eigenvalue weighted by Gasteiger charge is -2.17. The lowest BCUT2D eigenvalue weighted by molar-refractivity contribution is -0.481. The molecule has 6 heteroatoms. The summed E-state index contributed by atoms with van der Waals surface area (Å²) in [6.07, 6.45) is 0. The standard InChI is InChI=1S/C8H6N2O3S/c11-7-8(10(12)13)14-6-4-2-1-3-5(6)9-7/h1-4,8H,(H,9,11). The summed E-state index contributed by atoms with van der Waals surface area (Å²) in [6.45, 7) is 0. The minimum Gasteiger partial charge on any atom is -0.318 e. The molecule has 0 aliphatic carbocycles. The summed E-state index contributed by atoms with van der Waals surface area (Å²) in [6, 6.07) is 7.01. The number of nitrogens with zero attached hydrogens (tertiary/aromatic N) is 1. The number of nitrogens with one attached hydrogen (secondary N) is 1. The van der Waals surface area contributed by atoms with Gasteiger partial charge in [-0.1, -0.05) is 12.1 Å². The van der Waals surface area contributed by atoms with Crippen LogP contribution >= 0.6 is 11.8 Å². The first-order valence-corrected chi connectivity index (χ1v) is 4.76. The van der Waals surface area contributed by atoms with E-state index in [4.69, 9.17) is 0 Å². The SMILES string of the molecule is O=C1Nc2ccccc2SC1[N+](=O)[O-]. The summed E-state index contributed by atoms with van der Waals surface area (Å²) in [4.78, 5) is 21.9. The fraction of sp³-hybridized carbons (Fsp3) is 0.125. The normalized spacial score (nSPS) is 19.7. The summed E-state index contributed by atoms with van der Waals surface area (Å²) < 4.78 is 0. The average molecular weight is 210 g/mol. The number of hydrogen-bond donors (Lipinski definition) is 1. The Hall–Kier alpha value is -1.56. The van der Waals surface area contributed by atoms with Crippen molar-refractivity contribution in [3.63, 3.8) is 0 Å². The zero-order valence-electron chi connectivity index (χ0n) is 6.97. The molecular weight excluding hydrogens is 204 g/mol. The van der Waals surface area contributed by atoms with Crippen molar-refractivity contribution in [3.8, 4) is 0 Å². The highest BCUT2D eigenvalue weighted by Gasteiger charge is 2.35. The first-order chi connectivity index (χ1) is 6.68. The number of amides is 1. The third-order valence-corrected chi connectivity index (χ3v) is 3.02. The molecule has 2 rings (SSSR count). The highest BCUT2D eigenvalue weighted by Crippen LogP contribution is 2.35. The Labute approximate surface area is 83.6 Å². The van der Waals surface area contributed by atoms with E-state index in [0.717, 1.165) is 16.7 Å². The lowest BCUT2D eigenvalue weighted by atomic mass is 10.3. The van der Waals surface area contributed by atoms with E-state index in [9.17, 15) is 14.9 Å². The fourth-order valence-electron chi connectivity index (χ4n) is 1.18. The van der Waals surface area contributed by atoms with E-state index >= 15 is 0 Å². The van der Waals surface area contributed by atoms with Gasteiger partial charge in [-0.2, -0.15) is 0 Å². The number of carbonyl (C=O) groups excluding carboxylic acids is 1. The summed E-state index contributed by atoms with van der Waals surface area (Å²) in [5.74, 6) is -0.571. The van der Waals surface area contributed by atoms with Crippen LogP contribution in [0.4, 0.5) is 5.69 Å². The molecule has 1 aromatic rings. The predicted octanol–water partition coefficient (Wildman–Crippen LogP) is 1.33. The molecule has 14 heavy (non-hydrogen) atoms. The molecule has 1 atom stereocenters. The van der Waals surface area contributed by atoms with Gasteiger partial charge in [0.25, 0.3) is 0 Å². The summed E-state index contributed by atoms with van der Waals surface area (Å²) in [5, 5.41) is 11.8. The topological polar surface area (TPSA) is 72.2 Å². The third kappa shape index (κ3) is 1.44. The zero-order valence-corrected chi connectivity index (χ0v) is 7.78. The van der Waals surface area contributed by atoms with Crippen LogP contribution in [0.3, 0.4) is 0 Å². The molecule has 0 aromatic heterocycles. The van der Waals surface area contributed by atoms with Crippen molar-refractivity contribution < 1.29 is 9.72 Å². The highest BCUT2D eigenvalue weighted by molar-refractivity contribution is 8.00. The number of benzene rings is 1. The molecule has 0 radical (unpaired) electrons. The zero-order chi connectivity index (χ0) is 10.1. The molecule has 0 saturated carbocycles. The van der Waals surface area contributed by atoms with Gasteiger partial charge in [-0.15, -0.1) is 0 Å². The van der Waals surface area contributed by atoms with E-state index in [2.05, 4.69) is 5.32 Å². The van der Waals surface area contributed by atoms with Gasteiger partial charge < -0.3 is 5.32 Å². The Kier molecular flexibility index (Phi) is 2.12. The van der Waals surface area contributed by atoms with Gasteiger partial charge in [-0.25, -0.2) is 0 Å². The van der Waals surface area contributed by atoms with Crippen molar-refractivity contribution in [2.75, 3.05) is 5.32 Å². The number of anilines is 1. The average Bonchev–Trinajstić information content (AvgIpc) is 2.16. The van der Waals surface area contributed by atoms with Gasteiger partial charge in [0.15, 0.2) is 0 Å². The van der Waals surface area contributed by atoms with Crippen LogP contribution in [0.15, 0.2) is 29.2 Å². The molecule has 5 nitrogen and oxygen atoms in total.